The summed E-state index contributed by atoms with van der Waals surface area (Å²) in [4.78, 5) is 10.7. The van der Waals surface area contributed by atoms with E-state index in [1.165, 1.54) is 18.2 Å². The van der Waals surface area contributed by atoms with Gasteiger partial charge in [-0.05, 0) is 19.3 Å². The molecule has 0 spiro atoms. The van der Waals surface area contributed by atoms with Crippen LogP contribution in [-0.2, 0) is 4.79 Å². The standard InChI is InChI=1S/C8H12OS/c1-7(9)10-8-5-3-2-4-6-8/h2-3,8H,4-6H2,1H3. The van der Waals surface area contributed by atoms with Gasteiger partial charge in [-0.2, -0.15) is 0 Å². The molecule has 1 unspecified atom stereocenters. The number of hydrogen-bond acceptors (Lipinski definition) is 2. The van der Waals surface area contributed by atoms with E-state index >= 15 is 0 Å². The third-order valence-corrected chi connectivity index (χ3v) is 2.65. The van der Waals surface area contributed by atoms with Gasteiger partial charge >= 0.3 is 0 Å². The molecule has 0 aromatic carbocycles. The van der Waals surface area contributed by atoms with Gasteiger partial charge in [-0.1, -0.05) is 23.9 Å². The molecule has 2 heteroatoms. The maximum absolute atomic E-state index is 10.7. The molecular weight excluding hydrogens is 144 g/mol. The molecule has 1 aliphatic carbocycles. The van der Waals surface area contributed by atoms with Crippen molar-refractivity contribution in [2.75, 3.05) is 0 Å². The van der Waals surface area contributed by atoms with E-state index in [4.69, 9.17) is 0 Å². The molecule has 0 aliphatic heterocycles. The number of thioether (sulfide) groups is 1. The van der Waals surface area contributed by atoms with Crippen molar-refractivity contribution in [2.24, 2.45) is 0 Å². The SMILES string of the molecule is CC(=O)SC1CC=CCC1. The highest BCUT2D eigenvalue weighted by atomic mass is 32.2. The Morgan fingerprint density at radius 1 is 1.60 bits per heavy atom. The van der Waals surface area contributed by atoms with Gasteiger partial charge < -0.3 is 0 Å². The molecule has 0 amide bonds. The van der Waals surface area contributed by atoms with E-state index in [2.05, 4.69) is 12.2 Å². The Labute approximate surface area is 65.9 Å². The third-order valence-electron chi connectivity index (χ3n) is 1.55. The Bertz CT molecular complexity index is 151. The van der Waals surface area contributed by atoms with E-state index in [-0.39, 0.29) is 5.12 Å². The van der Waals surface area contributed by atoms with Gasteiger partial charge in [0, 0.05) is 12.2 Å². The molecule has 0 bridgehead atoms. The van der Waals surface area contributed by atoms with Gasteiger partial charge in [0.05, 0.1) is 0 Å². The molecule has 1 aliphatic rings. The Balaban J connectivity index is 2.28. The van der Waals surface area contributed by atoms with Crippen LogP contribution in [0.15, 0.2) is 12.2 Å². The van der Waals surface area contributed by atoms with E-state index in [1.807, 2.05) is 0 Å². The smallest absolute Gasteiger partial charge is 0.186 e. The van der Waals surface area contributed by atoms with Crippen molar-refractivity contribution in [1.29, 1.82) is 0 Å². The first kappa shape index (κ1) is 7.86. The fourth-order valence-electron chi connectivity index (χ4n) is 1.11. The van der Waals surface area contributed by atoms with Crippen LogP contribution in [0.25, 0.3) is 0 Å². The van der Waals surface area contributed by atoms with Crippen molar-refractivity contribution in [2.45, 2.75) is 31.4 Å². The quantitative estimate of drug-likeness (QED) is 0.542. The minimum absolute atomic E-state index is 0.250. The molecule has 0 radical (unpaired) electrons. The monoisotopic (exact) mass is 156 g/mol. The number of carbonyl (C=O) groups excluding carboxylic acids is 1. The second-order valence-corrected chi connectivity index (χ2v) is 3.99. The summed E-state index contributed by atoms with van der Waals surface area (Å²) in [5, 5.41) is 0.808. The molecule has 0 N–H and O–H groups in total. The Morgan fingerprint density at radius 2 is 2.40 bits per heavy atom. The van der Waals surface area contributed by atoms with Crippen LogP contribution in [0, 0.1) is 0 Å². The van der Waals surface area contributed by atoms with E-state index in [0.29, 0.717) is 5.25 Å². The Kier molecular flexibility index (Phi) is 3.00. The predicted octanol–water partition coefficient (Wildman–Crippen LogP) is 2.37. The second kappa shape index (κ2) is 3.81. The topological polar surface area (TPSA) is 17.1 Å². The zero-order valence-corrected chi connectivity index (χ0v) is 6.99. The molecule has 1 rings (SSSR count). The molecule has 0 fully saturated rings. The second-order valence-electron chi connectivity index (χ2n) is 2.52. The summed E-state index contributed by atoms with van der Waals surface area (Å²) in [5.74, 6) is 0. The van der Waals surface area contributed by atoms with Crippen molar-refractivity contribution < 1.29 is 4.79 Å². The number of allylic oxidation sites excluding steroid dienone is 2. The number of carbonyl (C=O) groups is 1. The maximum Gasteiger partial charge on any atom is 0.186 e. The average Bonchev–Trinajstić information content (AvgIpc) is 1.88. The molecule has 1 nitrogen and oxygen atoms in total. The van der Waals surface area contributed by atoms with Crippen LogP contribution >= 0.6 is 11.8 Å². The lowest BCUT2D eigenvalue weighted by Gasteiger charge is -2.14. The van der Waals surface area contributed by atoms with Crippen LogP contribution in [0.1, 0.15) is 26.2 Å². The highest BCUT2D eigenvalue weighted by molar-refractivity contribution is 8.14. The van der Waals surface area contributed by atoms with Crippen LogP contribution in [0.2, 0.25) is 0 Å². The first-order chi connectivity index (χ1) is 4.79. The average molecular weight is 156 g/mol. The summed E-state index contributed by atoms with van der Waals surface area (Å²) < 4.78 is 0. The summed E-state index contributed by atoms with van der Waals surface area (Å²) in [6.45, 7) is 1.64. The molecule has 0 aromatic rings. The van der Waals surface area contributed by atoms with E-state index in [0.717, 1.165) is 12.8 Å². The molecule has 1 atom stereocenters. The highest BCUT2D eigenvalue weighted by Gasteiger charge is 2.11. The van der Waals surface area contributed by atoms with Gasteiger partial charge in [0.2, 0.25) is 0 Å². The molecule has 0 aromatic heterocycles. The lowest BCUT2D eigenvalue weighted by atomic mass is 10.1. The van der Waals surface area contributed by atoms with Gasteiger partial charge in [0.1, 0.15) is 0 Å². The van der Waals surface area contributed by atoms with E-state index < -0.39 is 0 Å². The summed E-state index contributed by atoms with van der Waals surface area (Å²) >= 11 is 1.49. The first-order valence-corrected chi connectivity index (χ1v) is 4.49. The minimum Gasteiger partial charge on any atom is -0.288 e. The van der Waals surface area contributed by atoms with Crippen molar-refractivity contribution >= 4 is 16.9 Å². The molecule has 56 valence electrons. The van der Waals surface area contributed by atoms with Gasteiger partial charge in [0.15, 0.2) is 5.12 Å². The molecule has 0 heterocycles. The minimum atomic E-state index is 0.250. The van der Waals surface area contributed by atoms with Crippen molar-refractivity contribution in [3.63, 3.8) is 0 Å². The van der Waals surface area contributed by atoms with Crippen LogP contribution in [0.4, 0.5) is 0 Å². The van der Waals surface area contributed by atoms with Gasteiger partial charge in [-0.15, -0.1) is 0 Å². The van der Waals surface area contributed by atoms with Crippen molar-refractivity contribution in [3.05, 3.63) is 12.2 Å². The highest BCUT2D eigenvalue weighted by Crippen LogP contribution is 2.24. The normalized spacial score (nSPS) is 24.7. The fraction of sp³-hybridized carbons (Fsp3) is 0.625. The van der Waals surface area contributed by atoms with E-state index in [9.17, 15) is 4.79 Å². The third kappa shape index (κ3) is 2.56. The van der Waals surface area contributed by atoms with Crippen molar-refractivity contribution in [3.8, 4) is 0 Å². The molecule has 10 heavy (non-hydrogen) atoms. The summed E-state index contributed by atoms with van der Waals surface area (Å²) in [7, 11) is 0. The van der Waals surface area contributed by atoms with Crippen LogP contribution < -0.4 is 0 Å². The summed E-state index contributed by atoms with van der Waals surface area (Å²) in [6.07, 6.45) is 7.75. The van der Waals surface area contributed by atoms with Gasteiger partial charge in [-0.3, -0.25) is 4.79 Å². The largest absolute Gasteiger partial charge is 0.288 e. The predicted molar refractivity (Wildman–Crippen MR) is 45.1 cm³/mol. The first-order valence-electron chi connectivity index (χ1n) is 3.61. The van der Waals surface area contributed by atoms with Crippen molar-refractivity contribution in [1.82, 2.24) is 0 Å². The summed E-state index contributed by atoms with van der Waals surface area (Å²) in [6, 6.07) is 0. The zero-order chi connectivity index (χ0) is 7.40. The Hall–Kier alpha value is -0.240. The maximum atomic E-state index is 10.7. The van der Waals surface area contributed by atoms with E-state index in [1.54, 1.807) is 6.92 Å². The molecule has 0 saturated heterocycles. The number of hydrogen-bond donors (Lipinski definition) is 0. The van der Waals surface area contributed by atoms with Gasteiger partial charge in [0.25, 0.3) is 0 Å². The Morgan fingerprint density at radius 3 is 2.90 bits per heavy atom. The molecular formula is C8H12OS. The van der Waals surface area contributed by atoms with Crippen LogP contribution in [0.3, 0.4) is 0 Å². The molecule has 0 saturated carbocycles. The summed E-state index contributed by atoms with van der Waals surface area (Å²) in [5.41, 5.74) is 0. The van der Waals surface area contributed by atoms with Crippen LogP contribution in [-0.4, -0.2) is 10.4 Å². The lowest BCUT2D eigenvalue weighted by molar-refractivity contribution is -0.109. The zero-order valence-electron chi connectivity index (χ0n) is 6.17. The van der Waals surface area contributed by atoms with Gasteiger partial charge in [-0.25, -0.2) is 0 Å². The number of rotatable bonds is 1. The van der Waals surface area contributed by atoms with Crippen LogP contribution in [0.5, 0.6) is 0 Å². The lowest BCUT2D eigenvalue weighted by Crippen LogP contribution is -2.06. The fourth-order valence-corrected chi connectivity index (χ4v) is 2.04.